The van der Waals surface area contributed by atoms with Gasteiger partial charge in [-0.2, -0.15) is 5.26 Å². The van der Waals surface area contributed by atoms with Crippen LogP contribution in [0.1, 0.15) is 22.4 Å². The van der Waals surface area contributed by atoms with Gasteiger partial charge in [0.05, 0.1) is 11.8 Å². The van der Waals surface area contributed by atoms with Crippen LogP contribution in [0.4, 0.5) is 16.0 Å². The van der Waals surface area contributed by atoms with Gasteiger partial charge in [0.2, 0.25) is 5.95 Å². The van der Waals surface area contributed by atoms with Crippen molar-refractivity contribution in [1.29, 1.82) is 10.7 Å². The maximum atomic E-state index is 14.6. The van der Waals surface area contributed by atoms with Gasteiger partial charge in [0.25, 0.3) is 0 Å². The van der Waals surface area contributed by atoms with Crippen LogP contribution in [0, 0.1) is 22.6 Å². The molecular formula is C23H26FN9. The Kier molecular flexibility index (Phi) is 6.51. The Bertz CT molecular complexity index is 1250. The molecule has 0 unspecified atom stereocenters. The molecule has 0 radical (unpaired) electrons. The zero-order valence-electron chi connectivity index (χ0n) is 18.6. The number of fused-ring (bicyclic) bond motifs is 2. The zero-order valence-corrected chi connectivity index (χ0v) is 18.6. The number of hydrogen-bond donors (Lipinski definition) is 4. The summed E-state index contributed by atoms with van der Waals surface area (Å²) in [6, 6.07) is 5.31. The van der Waals surface area contributed by atoms with Crippen molar-refractivity contribution in [3.63, 3.8) is 0 Å². The SMILES string of the molecule is CN(C)CCN/C(=C\C=N)c1cnc(NCc2c(F)ccc3c2CCN3)n2cc(C#N)nc12. The Morgan fingerprint density at radius 2 is 2.27 bits per heavy atom. The molecule has 0 saturated carbocycles. The molecule has 0 spiro atoms. The summed E-state index contributed by atoms with van der Waals surface area (Å²) in [6.07, 6.45) is 6.85. The first-order chi connectivity index (χ1) is 16.0. The Hall–Kier alpha value is -3.97. The van der Waals surface area contributed by atoms with Gasteiger partial charge < -0.3 is 26.3 Å². The summed E-state index contributed by atoms with van der Waals surface area (Å²) in [7, 11) is 3.97. The number of allylic oxidation sites excluding steroid dienone is 1. The number of nitrogens with zero attached hydrogens (tertiary/aromatic N) is 5. The van der Waals surface area contributed by atoms with Crippen molar-refractivity contribution in [3.8, 4) is 6.07 Å². The fourth-order valence-corrected chi connectivity index (χ4v) is 3.89. The maximum absolute atomic E-state index is 14.6. The molecule has 0 saturated heterocycles. The van der Waals surface area contributed by atoms with Crippen molar-refractivity contribution in [1.82, 2.24) is 24.6 Å². The van der Waals surface area contributed by atoms with Gasteiger partial charge in [-0.15, -0.1) is 0 Å². The van der Waals surface area contributed by atoms with E-state index in [0.29, 0.717) is 35.0 Å². The first kappa shape index (κ1) is 22.2. The number of nitriles is 1. The number of imidazole rings is 1. The van der Waals surface area contributed by atoms with E-state index in [4.69, 9.17) is 5.41 Å². The monoisotopic (exact) mass is 447 g/mol. The number of benzene rings is 1. The summed E-state index contributed by atoms with van der Waals surface area (Å²) in [5.41, 5.74) is 4.65. The van der Waals surface area contributed by atoms with Gasteiger partial charge in [-0.05, 0) is 44.3 Å². The van der Waals surface area contributed by atoms with E-state index in [9.17, 15) is 9.65 Å². The Morgan fingerprint density at radius 3 is 3.03 bits per heavy atom. The molecule has 2 aromatic heterocycles. The number of aromatic nitrogens is 3. The van der Waals surface area contributed by atoms with Gasteiger partial charge >= 0.3 is 0 Å². The average molecular weight is 448 g/mol. The number of hydrogen-bond acceptors (Lipinski definition) is 8. The molecule has 0 atom stereocenters. The second-order valence-corrected chi connectivity index (χ2v) is 7.99. The molecule has 0 amide bonds. The number of likely N-dealkylation sites (N-methyl/N-ethyl adjacent to an activating group) is 1. The van der Waals surface area contributed by atoms with E-state index in [1.54, 1.807) is 28.9 Å². The molecule has 3 aromatic rings. The van der Waals surface area contributed by atoms with Gasteiger partial charge in [0.15, 0.2) is 11.3 Å². The minimum atomic E-state index is -0.262. The minimum absolute atomic E-state index is 0.241. The largest absolute Gasteiger partial charge is 0.384 e. The average Bonchev–Trinajstić information content (AvgIpc) is 3.45. The fourth-order valence-electron chi connectivity index (χ4n) is 3.89. The summed E-state index contributed by atoms with van der Waals surface area (Å²) in [5, 5.41) is 26.7. The van der Waals surface area contributed by atoms with E-state index >= 15 is 0 Å². The van der Waals surface area contributed by atoms with Crippen LogP contribution in [0.5, 0.6) is 0 Å². The van der Waals surface area contributed by atoms with E-state index < -0.39 is 0 Å². The third-order valence-electron chi connectivity index (χ3n) is 5.51. The predicted octanol–water partition coefficient (Wildman–Crippen LogP) is 2.46. The quantitative estimate of drug-likeness (QED) is 0.372. The highest BCUT2D eigenvalue weighted by molar-refractivity contribution is 5.86. The van der Waals surface area contributed by atoms with Gasteiger partial charge in [-0.25, -0.2) is 14.4 Å². The van der Waals surface area contributed by atoms with E-state index in [1.165, 1.54) is 12.3 Å². The van der Waals surface area contributed by atoms with Crippen LogP contribution in [0.3, 0.4) is 0 Å². The van der Waals surface area contributed by atoms with Crippen LogP contribution in [0.2, 0.25) is 0 Å². The normalized spacial score (nSPS) is 13.0. The number of halogens is 1. The van der Waals surface area contributed by atoms with Crippen molar-refractivity contribution in [2.75, 3.05) is 44.4 Å². The van der Waals surface area contributed by atoms with E-state index in [0.717, 1.165) is 30.8 Å². The summed E-state index contributed by atoms with van der Waals surface area (Å²) in [4.78, 5) is 11.0. The highest BCUT2D eigenvalue weighted by Crippen LogP contribution is 2.28. The topological polar surface area (TPSA) is 117 Å². The van der Waals surface area contributed by atoms with Crippen LogP contribution in [-0.2, 0) is 13.0 Å². The number of rotatable bonds is 9. The molecule has 0 aliphatic carbocycles. The maximum Gasteiger partial charge on any atom is 0.208 e. The lowest BCUT2D eigenvalue weighted by Crippen LogP contribution is -2.26. The van der Waals surface area contributed by atoms with E-state index in [-0.39, 0.29) is 18.1 Å². The van der Waals surface area contributed by atoms with Crippen LogP contribution in [0.25, 0.3) is 11.3 Å². The molecule has 170 valence electrons. The van der Waals surface area contributed by atoms with E-state index in [2.05, 4.69) is 32.0 Å². The second kappa shape index (κ2) is 9.67. The first-order valence-electron chi connectivity index (χ1n) is 10.7. The van der Waals surface area contributed by atoms with Crippen molar-refractivity contribution in [2.45, 2.75) is 13.0 Å². The van der Waals surface area contributed by atoms with E-state index in [1.807, 2.05) is 19.0 Å². The Labute approximate surface area is 191 Å². The third kappa shape index (κ3) is 4.63. The lowest BCUT2D eigenvalue weighted by atomic mass is 10.0. The summed E-state index contributed by atoms with van der Waals surface area (Å²) >= 11 is 0. The predicted molar refractivity (Wildman–Crippen MR) is 127 cm³/mol. The summed E-state index contributed by atoms with van der Waals surface area (Å²) < 4.78 is 16.3. The zero-order chi connectivity index (χ0) is 23.4. The highest BCUT2D eigenvalue weighted by Gasteiger charge is 2.19. The van der Waals surface area contributed by atoms with Crippen molar-refractivity contribution < 1.29 is 4.39 Å². The molecule has 9 nitrogen and oxygen atoms in total. The Balaban J connectivity index is 1.67. The molecule has 0 bridgehead atoms. The number of anilines is 2. The van der Waals surface area contributed by atoms with Crippen LogP contribution in [0.15, 0.2) is 30.6 Å². The fraction of sp³-hybridized carbons (Fsp3) is 0.304. The molecule has 1 aliphatic heterocycles. The van der Waals surface area contributed by atoms with Gasteiger partial charge in [-0.1, -0.05) is 0 Å². The van der Waals surface area contributed by atoms with Crippen LogP contribution in [-0.4, -0.2) is 59.2 Å². The smallest absolute Gasteiger partial charge is 0.208 e. The van der Waals surface area contributed by atoms with Crippen LogP contribution < -0.4 is 16.0 Å². The van der Waals surface area contributed by atoms with Gasteiger partial charge in [0.1, 0.15) is 11.9 Å². The van der Waals surface area contributed by atoms with Crippen molar-refractivity contribution in [2.24, 2.45) is 0 Å². The summed E-state index contributed by atoms with van der Waals surface area (Å²) in [5.74, 6) is 0.190. The van der Waals surface area contributed by atoms with Gasteiger partial charge in [0, 0.05) is 55.5 Å². The lowest BCUT2D eigenvalue weighted by Gasteiger charge is -2.16. The third-order valence-corrected chi connectivity index (χ3v) is 5.51. The molecular weight excluding hydrogens is 421 g/mol. The van der Waals surface area contributed by atoms with Gasteiger partial charge in [-0.3, -0.25) is 4.40 Å². The number of nitrogens with one attached hydrogen (secondary N) is 4. The lowest BCUT2D eigenvalue weighted by molar-refractivity contribution is 0.411. The molecule has 1 aromatic carbocycles. The molecule has 4 rings (SSSR count). The molecule has 0 fully saturated rings. The van der Waals surface area contributed by atoms with Crippen LogP contribution >= 0.6 is 0 Å². The van der Waals surface area contributed by atoms with Crippen molar-refractivity contribution in [3.05, 3.63) is 58.8 Å². The summed E-state index contributed by atoms with van der Waals surface area (Å²) in [6.45, 7) is 2.51. The Morgan fingerprint density at radius 1 is 1.42 bits per heavy atom. The first-order valence-corrected chi connectivity index (χ1v) is 10.7. The van der Waals surface area contributed by atoms with Crippen molar-refractivity contribution >= 4 is 29.2 Å². The molecule has 33 heavy (non-hydrogen) atoms. The molecule has 4 N–H and O–H groups in total. The minimum Gasteiger partial charge on any atom is -0.384 e. The second-order valence-electron chi connectivity index (χ2n) is 7.99. The molecule has 3 heterocycles. The standard InChI is InChI=1S/C23H26FN9/c1-32(2)10-9-28-21(5-7-25)18-13-30-23(33-14-15(11-26)31-22(18)33)29-12-17-16-6-8-27-20(16)4-3-19(17)24/h3-5,7,13-14,25,27-28H,6,8-10,12H2,1-2H3,(H,29,30)/b21-5-,25-7?. The highest BCUT2D eigenvalue weighted by atomic mass is 19.1. The molecule has 10 heteroatoms. The molecule has 1 aliphatic rings.